The topological polar surface area (TPSA) is 43.8 Å². The molecule has 1 fully saturated rings. The van der Waals surface area contributed by atoms with Gasteiger partial charge in [0.25, 0.3) is 0 Å². The maximum atomic E-state index is 6.05. The van der Waals surface area contributed by atoms with Gasteiger partial charge in [-0.3, -0.25) is 0 Å². The van der Waals surface area contributed by atoms with Crippen LogP contribution >= 0.6 is 11.6 Å². The summed E-state index contributed by atoms with van der Waals surface area (Å²) in [5.74, 6) is 1.48. The van der Waals surface area contributed by atoms with Gasteiger partial charge < -0.3 is 10.3 Å². The zero-order valence-electron chi connectivity index (χ0n) is 10.6. The van der Waals surface area contributed by atoms with Gasteiger partial charge in [-0.2, -0.15) is 0 Å². The van der Waals surface area contributed by atoms with Crippen LogP contribution in [0.3, 0.4) is 0 Å². The van der Waals surface area contributed by atoms with E-state index in [4.69, 9.17) is 22.3 Å². The zero-order valence-corrected chi connectivity index (χ0v) is 11.3. The van der Waals surface area contributed by atoms with E-state index in [9.17, 15) is 0 Å². The van der Waals surface area contributed by atoms with Gasteiger partial charge in [0, 0.05) is 23.5 Å². The molecule has 3 nitrogen and oxygen atoms in total. The van der Waals surface area contributed by atoms with Crippen molar-refractivity contribution in [2.24, 2.45) is 5.73 Å². The largest absolute Gasteiger partial charge is 0.330 e. The Morgan fingerprint density at radius 1 is 1.50 bits per heavy atom. The molecule has 1 saturated carbocycles. The number of benzene rings is 1. The highest BCUT2D eigenvalue weighted by Gasteiger charge is 2.30. The summed E-state index contributed by atoms with van der Waals surface area (Å²) in [6.45, 7) is 2.82. The minimum Gasteiger partial charge on any atom is -0.330 e. The van der Waals surface area contributed by atoms with Crippen LogP contribution in [0.4, 0.5) is 0 Å². The predicted molar refractivity (Wildman–Crippen MR) is 75.1 cm³/mol. The number of hydrogen-bond acceptors (Lipinski definition) is 2. The Kier molecular flexibility index (Phi) is 3.04. The summed E-state index contributed by atoms with van der Waals surface area (Å²) in [5, 5.41) is 0.746. The lowest BCUT2D eigenvalue weighted by atomic mass is 10.1. The summed E-state index contributed by atoms with van der Waals surface area (Å²) in [4.78, 5) is 4.78. The summed E-state index contributed by atoms with van der Waals surface area (Å²) in [7, 11) is 0. The van der Waals surface area contributed by atoms with Gasteiger partial charge in [-0.15, -0.1) is 0 Å². The van der Waals surface area contributed by atoms with E-state index in [1.807, 2.05) is 12.1 Å². The first-order valence-electron chi connectivity index (χ1n) is 6.62. The number of hydrogen-bond donors (Lipinski definition) is 1. The SMILES string of the molecule is CCC(CN)c1nc2cc(Cl)ccc2n1C1CC1. The second kappa shape index (κ2) is 4.56. The molecule has 0 amide bonds. The minimum absolute atomic E-state index is 0.344. The third-order valence-electron chi connectivity index (χ3n) is 3.73. The number of halogens is 1. The van der Waals surface area contributed by atoms with Crippen molar-refractivity contribution in [2.75, 3.05) is 6.54 Å². The van der Waals surface area contributed by atoms with Crippen molar-refractivity contribution >= 4 is 22.6 Å². The molecule has 1 atom stereocenters. The molecule has 3 rings (SSSR count). The Hall–Kier alpha value is -1.06. The van der Waals surface area contributed by atoms with E-state index in [-0.39, 0.29) is 0 Å². The highest BCUT2D eigenvalue weighted by Crippen LogP contribution is 2.40. The van der Waals surface area contributed by atoms with Gasteiger partial charge in [0.15, 0.2) is 0 Å². The average Bonchev–Trinajstić information content (AvgIpc) is 3.13. The number of nitrogens with zero attached hydrogens (tertiary/aromatic N) is 2. The van der Waals surface area contributed by atoms with Crippen LogP contribution in [0, 0.1) is 0 Å². The molecule has 0 saturated heterocycles. The van der Waals surface area contributed by atoms with Crippen LogP contribution in [0.2, 0.25) is 5.02 Å². The van der Waals surface area contributed by atoms with Crippen LogP contribution in [-0.4, -0.2) is 16.1 Å². The highest BCUT2D eigenvalue weighted by molar-refractivity contribution is 6.31. The highest BCUT2D eigenvalue weighted by atomic mass is 35.5. The Bertz CT molecular complexity index is 568. The Morgan fingerprint density at radius 2 is 2.28 bits per heavy atom. The molecule has 0 bridgehead atoms. The number of rotatable bonds is 4. The molecule has 0 spiro atoms. The van der Waals surface area contributed by atoms with Gasteiger partial charge in [-0.25, -0.2) is 4.98 Å². The van der Waals surface area contributed by atoms with E-state index in [2.05, 4.69) is 17.6 Å². The van der Waals surface area contributed by atoms with Gasteiger partial charge in [0.05, 0.1) is 11.0 Å². The molecule has 0 aliphatic heterocycles. The van der Waals surface area contributed by atoms with Crippen LogP contribution in [-0.2, 0) is 0 Å². The zero-order chi connectivity index (χ0) is 12.7. The first-order chi connectivity index (χ1) is 8.74. The Balaban J connectivity index is 2.19. The van der Waals surface area contributed by atoms with E-state index < -0.39 is 0 Å². The quantitative estimate of drug-likeness (QED) is 0.918. The monoisotopic (exact) mass is 263 g/mol. The van der Waals surface area contributed by atoms with Crippen molar-refractivity contribution in [2.45, 2.75) is 38.1 Å². The average molecular weight is 264 g/mol. The summed E-state index contributed by atoms with van der Waals surface area (Å²) < 4.78 is 2.38. The molecule has 1 aliphatic rings. The van der Waals surface area contributed by atoms with Crippen molar-refractivity contribution in [3.63, 3.8) is 0 Å². The van der Waals surface area contributed by atoms with Crippen molar-refractivity contribution in [1.82, 2.24) is 9.55 Å². The van der Waals surface area contributed by atoms with E-state index in [1.165, 1.54) is 18.4 Å². The van der Waals surface area contributed by atoms with Gasteiger partial charge in [-0.05, 0) is 37.5 Å². The molecule has 1 heterocycles. The van der Waals surface area contributed by atoms with Gasteiger partial charge in [0.1, 0.15) is 5.82 Å². The smallest absolute Gasteiger partial charge is 0.114 e. The molecule has 96 valence electrons. The molecular weight excluding hydrogens is 246 g/mol. The van der Waals surface area contributed by atoms with E-state index in [0.717, 1.165) is 22.8 Å². The maximum absolute atomic E-state index is 6.05. The summed E-state index contributed by atoms with van der Waals surface area (Å²) in [5.41, 5.74) is 8.07. The Morgan fingerprint density at radius 3 is 2.89 bits per heavy atom. The summed E-state index contributed by atoms with van der Waals surface area (Å²) >= 11 is 6.05. The summed E-state index contributed by atoms with van der Waals surface area (Å²) in [6.07, 6.45) is 3.53. The lowest BCUT2D eigenvalue weighted by Gasteiger charge is -2.14. The van der Waals surface area contributed by atoms with Gasteiger partial charge >= 0.3 is 0 Å². The van der Waals surface area contributed by atoms with Crippen LogP contribution < -0.4 is 5.73 Å². The third kappa shape index (κ3) is 1.91. The Labute approximate surface area is 112 Å². The molecule has 1 aromatic carbocycles. The predicted octanol–water partition coefficient (Wildman–Crippen LogP) is 3.48. The van der Waals surface area contributed by atoms with Crippen molar-refractivity contribution in [1.29, 1.82) is 0 Å². The summed E-state index contributed by atoms with van der Waals surface area (Å²) in [6, 6.07) is 6.59. The van der Waals surface area contributed by atoms with Crippen LogP contribution in [0.15, 0.2) is 18.2 Å². The standard InChI is InChI=1S/C14H18ClN3/c1-2-9(8-16)14-17-12-7-10(15)3-6-13(12)18(14)11-4-5-11/h3,6-7,9,11H,2,4-5,8,16H2,1H3. The normalized spacial score (nSPS) is 17.3. The fourth-order valence-corrected chi connectivity index (χ4v) is 2.72. The molecule has 1 unspecified atom stereocenters. The van der Waals surface area contributed by atoms with E-state index in [1.54, 1.807) is 0 Å². The molecule has 2 aromatic rings. The first-order valence-corrected chi connectivity index (χ1v) is 6.99. The van der Waals surface area contributed by atoms with Crippen molar-refractivity contribution < 1.29 is 0 Å². The van der Waals surface area contributed by atoms with Crippen molar-refractivity contribution in [3.8, 4) is 0 Å². The molecule has 2 N–H and O–H groups in total. The fourth-order valence-electron chi connectivity index (χ4n) is 2.55. The third-order valence-corrected chi connectivity index (χ3v) is 3.97. The first kappa shape index (κ1) is 12.0. The lowest BCUT2D eigenvalue weighted by molar-refractivity contribution is 0.580. The van der Waals surface area contributed by atoms with Crippen LogP contribution in [0.5, 0.6) is 0 Å². The lowest BCUT2D eigenvalue weighted by Crippen LogP contribution is -2.16. The van der Waals surface area contributed by atoms with Gasteiger partial charge in [0.2, 0.25) is 0 Å². The van der Waals surface area contributed by atoms with E-state index in [0.29, 0.717) is 18.5 Å². The fraction of sp³-hybridized carbons (Fsp3) is 0.500. The van der Waals surface area contributed by atoms with Crippen LogP contribution in [0.1, 0.15) is 44.0 Å². The maximum Gasteiger partial charge on any atom is 0.114 e. The van der Waals surface area contributed by atoms with Gasteiger partial charge in [-0.1, -0.05) is 18.5 Å². The van der Waals surface area contributed by atoms with Crippen molar-refractivity contribution in [3.05, 3.63) is 29.0 Å². The number of imidazole rings is 1. The minimum atomic E-state index is 0.344. The second-order valence-corrected chi connectivity index (χ2v) is 5.48. The van der Waals surface area contributed by atoms with E-state index >= 15 is 0 Å². The molecule has 18 heavy (non-hydrogen) atoms. The van der Waals surface area contributed by atoms with Crippen LogP contribution in [0.25, 0.3) is 11.0 Å². The molecular formula is C14H18ClN3. The molecule has 1 aliphatic carbocycles. The second-order valence-electron chi connectivity index (χ2n) is 5.05. The number of nitrogens with two attached hydrogens (primary N) is 1. The molecule has 4 heteroatoms. The number of aromatic nitrogens is 2. The molecule has 1 aromatic heterocycles. The number of fused-ring (bicyclic) bond motifs is 1. The molecule has 0 radical (unpaired) electrons.